The van der Waals surface area contributed by atoms with Crippen LogP contribution in [0.2, 0.25) is 0 Å². The van der Waals surface area contributed by atoms with Gasteiger partial charge in [0.1, 0.15) is 5.82 Å². The van der Waals surface area contributed by atoms with Crippen molar-refractivity contribution < 1.29 is 14.6 Å². The van der Waals surface area contributed by atoms with Gasteiger partial charge in [0.05, 0.1) is 12.2 Å². The minimum absolute atomic E-state index is 0.131. The highest BCUT2D eigenvalue weighted by molar-refractivity contribution is 9.10. The summed E-state index contributed by atoms with van der Waals surface area (Å²) in [4.78, 5) is 0. The number of benzene rings is 1. The van der Waals surface area contributed by atoms with Gasteiger partial charge in [0, 0.05) is 10.9 Å². The van der Waals surface area contributed by atoms with Crippen LogP contribution in [0.25, 0.3) is 0 Å². The molecule has 2 N–H and O–H groups in total. The second kappa shape index (κ2) is 6.33. The van der Waals surface area contributed by atoms with Gasteiger partial charge in [-0.2, -0.15) is 0 Å². The summed E-state index contributed by atoms with van der Waals surface area (Å²) in [6.45, 7) is 1.93. The van der Waals surface area contributed by atoms with Crippen molar-refractivity contribution in [3.8, 4) is 0 Å². The molecule has 1 aromatic rings. The third-order valence-electron chi connectivity index (χ3n) is 2.47. The number of halogens is 2. The second-order valence-corrected chi connectivity index (χ2v) is 4.78. The van der Waals surface area contributed by atoms with Crippen LogP contribution >= 0.6 is 15.9 Å². The lowest BCUT2D eigenvalue weighted by molar-refractivity contribution is 0.0144. The Morgan fingerprint density at radius 1 is 1.31 bits per heavy atom. The fourth-order valence-electron chi connectivity index (χ4n) is 1.55. The standard InChI is InChI=1S/C12H16BrFO2/c1-2-3-11(15)12(16)7-8-6-9(13)4-5-10(8)14/h4-6,11-12,15-16H,2-3,7H2,1H3. The van der Waals surface area contributed by atoms with Crippen LogP contribution in [0.1, 0.15) is 25.3 Å². The molecule has 0 radical (unpaired) electrons. The first-order chi connectivity index (χ1) is 7.54. The first-order valence-corrected chi connectivity index (χ1v) is 6.14. The summed E-state index contributed by atoms with van der Waals surface area (Å²) in [6.07, 6.45) is -0.255. The summed E-state index contributed by atoms with van der Waals surface area (Å²) in [6, 6.07) is 4.57. The third kappa shape index (κ3) is 3.85. The number of aliphatic hydroxyl groups is 2. The zero-order valence-corrected chi connectivity index (χ0v) is 10.7. The highest BCUT2D eigenvalue weighted by atomic mass is 79.9. The lowest BCUT2D eigenvalue weighted by atomic mass is 10.0. The Kier molecular flexibility index (Phi) is 5.38. The molecule has 0 spiro atoms. The van der Waals surface area contributed by atoms with Crippen molar-refractivity contribution in [3.63, 3.8) is 0 Å². The van der Waals surface area contributed by atoms with E-state index in [-0.39, 0.29) is 12.2 Å². The van der Waals surface area contributed by atoms with Gasteiger partial charge in [-0.3, -0.25) is 0 Å². The predicted molar refractivity (Wildman–Crippen MR) is 64.7 cm³/mol. The van der Waals surface area contributed by atoms with Crippen LogP contribution in [0, 0.1) is 5.82 Å². The molecule has 0 saturated heterocycles. The van der Waals surface area contributed by atoms with E-state index in [1.165, 1.54) is 6.07 Å². The summed E-state index contributed by atoms with van der Waals surface area (Å²) in [7, 11) is 0. The minimum atomic E-state index is -0.913. The topological polar surface area (TPSA) is 40.5 Å². The van der Waals surface area contributed by atoms with Gasteiger partial charge in [-0.1, -0.05) is 29.3 Å². The van der Waals surface area contributed by atoms with Crippen LogP contribution in [-0.2, 0) is 6.42 Å². The molecule has 0 saturated carbocycles. The van der Waals surface area contributed by atoms with E-state index in [1.54, 1.807) is 12.1 Å². The minimum Gasteiger partial charge on any atom is -0.390 e. The molecule has 2 unspecified atom stereocenters. The van der Waals surface area contributed by atoms with Gasteiger partial charge in [0.25, 0.3) is 0 Å². The molecule has 0 amide bonds. The van der Waals surface area contributed by atoms with Gasteiger partial charge in [0.2, 0.25) is 0 Å². The van der Waals surface area contributed by atoms with Crippen molar-refractivity contribution in [1.82, 2.24) is 0 Å². The fourth-order valence-corrected chi connectivity index (χ4v) is 1.96. The smallest absolute Gasteiger partial charge is 0.126 e. The lowest BCUT2D eigenvalue weighted by Crippen LogP contribution is -2.28. The molecule has 90 valence electrons. The predicted octanol–water partition coefficient (Wildman–Crippen LogP) is 2.65. The van der Waals surface area contributed by atoms with Crippen molar-refractivity contribution in [3.05, 3.63) is 34.1 Å². The maximum absolute atomic E-state index is 13.4. The van der Waals surface area contributed by atoms with Crippen LogP contribution in [0.15, 0.2) is 22.7 Å². The number of aliphatic hydroxyl groups excluding tert-OH is 2. The van der Waals surface area contributed by atoms with Gasteiger partial charge >= 0.3 is 0 Å². The Morgan fingerprint density at radius 2 is 2.00 bits per heavy atom. The molecule has 0 aliphatic heterocycles. The van der Waals surface area contributed by atoms with E-state index in [9.17, 15) is 14.6 Å². The molecule has 0 aliphatic carbocycles. The second-order valence-electron chi connectivity index (χ2n) is 3.86. The maximum Gasteiger partial charge on any atom is 0.126 e. The van der Waals surface area contributed by atoms with Gasteiger partial charge < -0.3 is 10.2 Å². The SMILES string of the molecule is CCCC(O)C(O)Cc1cc(Br)ccc1F. The molecule has 0 aromatic heterocycles. The molecule has 0 aliphatic rings. The largest absolute Gasteiger partial charge is 0.390 e. The fraction of sp³-hybridized carbons (Fsp3) is 0.500. The first kappa shape index (κ1) is 13.6. The number of hydrogen-bond donors (Lipinski definition) is 2. The highest BCUT2D eigenvalue weighted by Crippen LogP contribution is 2.18. The summed E-state index contributed by atoms with van der Waals surface area (Å²) in [5.74, 6) is -0.356. The van der Waals surface area contributed by atoms with Gasteiger partial charge in [0.15, 0.2) is 0 Å². The molecule has 16 heavy (non-hydrogen) atoms. The Bertz CT molecular complexity index is 344. The van der Waals surface area contributed by atoms with Crippen LogP contribution in [-0.4, -0.2) is 22.4 Å². The molecule has 0 bridgehead atoms. The average Bonchev–Trinajstić information content (AvgIpc) is 2.23. The summed E-state index contributed by atoms with van der Waals surface area (Å²) in [5, 5.41) is 19.2. The zero-order chi connectivity index (χ0) is 12.1. The van der Waals surface area contributed by atoms with Crippen LogP contribution in [0.5, 0.6) is 0 Å². The van der Waals surface area contributed by atoms with Crippen LogP contribution < -0.4 is 0 Å². The molecule has 1 rings (SSSR count). The molecule has 0 fully saturated rings. The molecular weight excluding hydrogens is 275 g/mol. The van der Waals surface area contributed by atoms with E-state index >= 15 is 0 Å². The normalized spacial score (nSPS) is 14.8. The van der Waals surface area contributed by atoms with Crippen LogP contribution in [0.4, 0.5) is 4.39 Å². The Hall–Kier alpha value is -0.450. The monoisotopic (exact) mass is 290 g/mol. The van der Waals surface area contributed by atoms with E-state index < -0.39 is 12.2 Å². The Balaban J connectivity index is 2.68. The molecule has 1 aromatic carbocycles. The van der Waals surface area contributed by atoms with Crippen molar-refractivity contribution in [2.24, 2.45) is 0 Å². The van der Waals surface area contributed by atoms with E-state index in [2.05, 4.69) is 15.9 Å². The van der Waals surface area contributed by atoms with E-state index in [0.29, 0.717) is 12.0 Å². The average molecular weight is 291 g/mol. The lowest BCUT2D eigenvalue weighted by Gasteiger charge is -2.17. The van der Waals surface area contributed by atoms with E-state index in [1.807, 2.05) is 6.92 Å². The molecular formula is C12H16BrFO2. The van der Waals surface area contributed by atoms with Crippen molar-refractivity contribution >= 4 is 15.9 Å². The van der Waals surface area contributed by atoms with Crippen molar-refractivity contribution in [2.75, 3.05) is 0 Å². The molecule has 0 heterocycles. The third-order valence-corrected chi connectivity index (χ3v) is 2.96. The Morgan fingerprint density at radius 3 is 2.62 bits per heavy atom. The molecule has 2 nitrogen and oxygen atoms in total. The highest BCUT2D eigenvalue weighted by Gasteiger charge is 2.17. The van der Waals surface area contributed by atoms with Crippen molar-refractivity contribution in [2.45, 2.75) is 38.4 Å². The summed E-state index contributed by atoms with van der Waals surface area (Å²) in [5.41, 5.74) is 0.414. The van der Waals surface area contributed by atoms with E-state index in [4.69, 9.17) is 0 Å². The zero-order valence-electron chi connectivity index (χ0n) is 9.16. The summed E-state index contributed by atoms with van der Waals surface area (Å²) >= 11 is 3.24. The number of hydrogen-bond acceptors (Lipinski definition) is 2. The van der Waals surface area contributed by atoms with Gasteiger partial charge in [-0.05, 0) is 30.2 Å². The quantitative estimate of drug-likeness (QED) is 0.875. The molecule has 4 heteroatoms. The van der Waals surface area contributed by atoms with Crippen molar-refractivity contribution in [1.29, 1.82) is 0 Å². The molecule has 2 atom stereocenters. The first-order valence-electron chi connectivity index (χ1n) is 5.34. The Labute approximate surface area is 103 Å². The maximum atomic E-state index is 13.4. The number of rotatable bonds is 5. The van der Waals surface area contributed by atoms with E-state index in [0.717, 1.165) is 10.9 Å². The van der Waals surface area contributed by atoms with Gasteiger partial charge in [-0.25, -0.2) is 4.39 Å². The van der Waals surface area contributed by atoms with Gasteiger partial charge in [-0.15, -0.1) is 0 Å². The van der Waals surface area contributed by atoms with Crippen LogP contribution in [0.3, 0.4) is 0 Å². The summed E-state index contributed by atoms with van der Waals surface area (Å²) < 4.78 is 14.1.